The van der Waals surface area contributed by atoms with Crippen LogP contribution in [0.5, 0.6) is 0 Å². The van der Waals surface area contributed by atoms with Gasteiger partial charge >= 0.3 is 0 Å². The predicted octanol–water partition coefficient (Wildman–Crippen LogP) is 1.21. The number of benzene rings is 1. The highest BCUT2D eigenvalue weighted by Crippen LogP contribution is 2.21. The molecule has 0 saturated carbocycles. The molecule has 0 aliphatic carbocycles. The van der Waals surface area contributed by atoms with Gasteiger partial charge in [-0.2, -0.15) is 0 Å². The summed E-state index contributed by atoms with van der Waals surface area (Å²) >= 11 is 0. The normalized spacial score (nSPS) is 24.4. The Kier molecular flexibility index (Phi) is 5.70. The van der Waals surface area contributed by atoms with E-state index in [1.165, 1.54) is 0 Å². The number of nitrogens with zero attached hydrogens (tertiary/aromatic N) is 1. The van der Waals surface area contributed by atoms with Crippen molar-refractivity contribution in [2.45, 2.75) is 38.5 Å². The Bertz CT molecular complexity index is 460. The second-order valence-corrected chi connectivity index (χ2v) is 5.80. The van der Waals surface area contributed by atoms with Crippen LogP contribution in [0.3, 0.4) is 0 Å². The number of hydrogen-bond acceptors (Lipinski definition) is 4. The molecule has 0 bridgehead atoms. The zero-order valence-electron chi connectivity index (χ0n) is 12.7. The summed E-state index contributed by atoms with van der Waals surface area (Å²) in [5, 5.41) is 22.5. The highest BCUT2D eigenvalue weighted by atomic mass is 19.1. The maximum absolute atomic E-state index is 13.7. The molecular weight excluding hydrogens is 271 g/mol. The van der Waals surface area contributed by atoms with E-state index < -0.39 is 12.2 Å². The van der Waals surface area contributed by atoms with Gasteiger partial charge in [0, 0.05) is 25.7 Å². The summed E-state index contributed by atoms with van der Waals surface area (Å²) in [6.07, 6.45) is -0.491. The Morgan fingerprint density at radius 3 is 2.57 bits per heavy atom. The second kappa shape index (κ2) is 7.31. The third-order valence-corrected chi connectivity index (χ3v) is 4.12. The lowest BCUT2D eigenvalue weighted by molar-refractivity contribution is 0.0572. The molecule has 1 aromatic carbocycles. The van der Waals surface area contributed by atoms with Crippen molar-refractivity contribution in [3.8, 4) is 0 Å². The van der Waals surface area contributed by atoms with Gasteiger partial charge in [-0.25, -0.2) is 4.39 Å². The molecular formula is C16H25FN2O2. The van der Waals surface area contributed by atoms with Crippen molar-refractivity contribution in [1.29, 1.82) is 0 Å². The van der Waals surface area contributed by atoms with Gasteiger partial charge in [-0.3, -0.25) is 4.90 Å². The van der Waals surface area contributed by atoms with Crippen LogP contribution in [0, 0.1) is 12.7 Å². The average Bonchev–Trinajstić information content (AvgIpc) is 2.77. The molecule has 5 heteroatoms. The van der Waals surface area contributed by atoms with E-state index in [0.717, 1.165) is 25.1 Å². The summed E-state index contributed by atoms with van der Waals surface area (Å²) in [6, 6.07) is 5.44. The maximum Gasteiger partial charge on any atom is 0.126 e. The number of β-amino-alcohol motifs (C(OH)–C–C–N with tert-alkyl or cyclic N) is 2. The fourth-order valence-corrected chi connectivity index (χ4v) is 2.80. The van der Waals surface area contributed by atoms with Gasteiger partial charge in [0.15, 0.2) is 0 Å². The molecule has 0 radical (unpaired) electrons. The van der Waals surface area contributed by atoms with Crippen LogP contribution in [0.25, 0.3) is 0 Å². The van der Waals surface area contributed by atoms with Gasteiger partial charge < -0.3 is 15.5 Å². The van der Waals surface area contributed by atoms with Crippen LogP contribution >= 0.6 is 0 Å². The quantitative estimate of drug-likeness (QED) is 0.739. The first-order valence-corrected chi connectivity index (χ1v) is 7.59. The molecule has 1 aromatic rings. The fourth-order valence-electron chi connectivity index (χ4n) is 2.80. The van der Waals surface area contributed by atoms with Crippen molar-refractivity contribution in [1.82, 2.24) is 10.2 Å². The maximum atomic E-state index is 13.7. The van der Waals surface area contributed by atoms with Gasteiger partial charge in [0.1, 0.15) is 5.82 Å². The van der Waals surface area contributed by atoms with E-state index in [9.17, 15) is 14.6 Å². The fraction of sp³-hybridized carbons (Fsp3) is 0.625. The highest BCUT2D eigenvalue weighted by molar-refractivity contribution is 5.25. The van der Waals surface area contributed by atoms with Crippen LogP contribution in [-0.4, -0.2) is 53.5 Å². The first-order chi connectivity index (χ1) is 10.0. The summed E-state index contributed by atoms with van der Waals surface area (Å²) in [4.78, 5) is 2.05. The number of aliphatic hydroxyl groups is 2. The summed E-state index contributed by atoms with van der Waals surface area (Å²) in [6.45, 7) is 6.37. The Morgan fingerprint density at radius 2 is 2.00 bits per heavy atom. The number of aryl methyl sites for hydroxylation is 1. The molecule has 3 atom stereocenters. The minimum absolute atomic E-state index is 0.0833. The van der Waals surface area contributed by atoms with E-state index >= 15 is 0 Å². The molecule has 0 spiro atoms. The van der Waals surface area contributed by atoms with Crippen LogP contribution in [0.15, 0.2) is 18.2 Å². The van der Waals surface area contributed by atoms with Gasteiger partial charge in [-0.15, -0.1) is 0 Å². The second-order valence-electron chi connectivity index (χ2n) is 5.80. The predicted molar refractivity (Wildman–Crippen MR) is 80.6 cm³/mol. The molecule has 1 aliphatic heterocycles. The van der Waals surface area contributed by atoms with Gasteiger partial charge in [-0.05, 0) is 37.1 Å². The third-order valence-electron chi connectivity index (χ3n) is 4.12. The molecule has 4 nitrogen and oxygen atoms in total. The lowest BCUT2D eigenvalue weighted by atomic mass is 10.0. The van der Waals surface area contributed by atoms with Gasteiger partial charge in [-0.1, -0.05) is 19.1 Å². The molecule has 0 amide bonds. The van der Waals surface area contributed by atoms with Crippen molar-refractivity contribution >= 4 is 0 Å². The standard InChI is InChI=1S/C16H25FN2O2/c1-3-18-14(12-5-4-11(2)13(17)8-12)6-7-19-9-15(20)16(21)10-19/h4-5,8,14-16,18,20-21H,3,6-7,9-10H2,1-2H3. The first-order valence-electron chi connectivity index (χ1n) is 7.59. The van der Waals surface area contributed by atoms with Crippen LogP contribution in [-0.2, 0) is 0 Å². The summed E-state index contributed by atoms with van der Waals surface area (Å²) in [5.74, 6) is -0.178. The van der Waals surface area contributed by atoms with Gasteiger partial charge in [0.2, 0.25) is 0 Å². The molecule has 1 heterocycles. The molecule has 3 N–H and O–H groups in total. The van der Waals surface area contributed by atoms with E-state index in [0.29, 0.717) is 18.7 Å². The van der Waals surface area contributed by atoms with Crippen molar-refractivity contribution in [3.63, 3.8) is 0 Å². The highest BCUT2D eigenvalue weighted by Gasteiger charge is 2.29. The van der Waals surface area contributed by atoms with Crippen molar-refractivity contribution in [3.05, 3.63) is 35.1 Å². The van der Waals surface area contributed by atoms with Gasteiger partial charge in [0.25, 0.3) is 0 Å². The molecule has 1 saturated heterocycles. The van der Waals surface area contributed by atoms with E-state index in [1.807, 2.05) is 17.9 Å². The smallest absolute Gasteiger partial charge is 0.126 e. The number of hydrogen-bond donors (Lipinski definition) is 3. The minimum Gasteiger partial charge on any atom is -0.389 e. The van der Waals surface area contributed by atoms with Crippen LogP contribution in [0.4, 0.5) is 4.39 Å². The molecule has 1 fully saturated rings. The van der Waals surface area contributed by atoms with Crippen molar-refractivity contribution in [2.24, 2.45) is 0 Å². The van der Waals surface area contributed by atoms with Crippen LogP contribution in [0.1, 0.15) is 30.5 Å². The molecule has 1 aliphatic rings. The van der Waals surface area contributed by atoms with E-state index in [1.54, 1.807) is 19.1 Å². The molecule has 2 rings (SSSR count). The van der Waals surface area contributed by atoms with Gasteiger partial charge in [0.05, 0.1) is 12.2 Å². The monoisotopic (exact) mass is 296 g/mol. The average molecular weight is 296 g/mol. The van der Waals surface area contributed by atoms with Crippen LogP contribution in [0.2, 0.25) is 0 Å². The molecule has 0 aromatic heterocycles. The molecule has 118 valence electrons. The van der Waals surface area contributed by atoms with E-state index in [-0.39, 0.29) is 11.9 Å². The number of rotatable bonds is 6. The first kappa shape index (κ1) is 16.4. The Hall–Kier alpha value is -1.01. The Morgan fingerprint density at radius 1 is 1.33 bits per heavy atom. The van der Waals surface area contributed by atoms with Crippen molar-refractivity contribution in [2.75, 3.05) is 26.2 Å². The lowest BCUT2D eigenvalue weighted by Crippen LogP contribution is -2.29. The number of aliphatic hydroxyl groups excluding tert-OH is 2. The van der Waals surface area contributed by atoms with E-state index in [2.05, 4.69) is 5.32 Å². The topological polar surface area (TPSA) is 55.7 Å². The summed E-state index contributed by atoms with van der Waals surface area (Å²) < 4.78 is 13.7. The Balaban J connectivity index is 1.97. The van der Waals surface area contributed by atoms with E-state index in [4.69, 9.17) is 0 Å². The van der Waals surface area contributed by atoms with Crippen molar-refractivity contribution < 1.29 is 14.6 Å². The summed E-state index contributed by atoms with van der Waals surface area (Å²) in [7, 11) is 0. The number of likely N-dealkylation sites (tertiary alicyclic amines) is 1. The minimum atomic E-state index is -0.653. The lowest BCUT2D eigenvalue weighted by Gasteiger charge is -2.22. The Labute approximate surface area is 125 Å². The zero-order valence-corrected chi connectivity index (χ0v) is 12.7. The summed E-state index contributed by atoms with van der Waals surface area (Å²) in [5.41, 5.74) is 1.60. The number of nitrogens with one attached hydrogen (secondary N) is 1. The third kappa shape index (κ3) is 4.23. The number of halogens is 1. The molecule has 21 heavy (non-hydrogen) atoms. The van der Waals surface area contributed by atoms with Crippen LogP contribution < -0.4 is 5.32 Å². The zero-order chi connectivity index (χ0) is 15.4. The molecule has 3 unspecified atom stereocenters. The largest absolute Gasteiger partial charge is 0.389 e. The SMILES string of the molecule is CCNC(CCN1CC(O)C(O)C1)c1ccc(C)c(F)c1.